The van der Waals surface area contributed by atoms with Crippen molar-refractivity contribution in [3.8, 4) is 0 Å². The highest BCUT2D eigenvalue weighted by atomic mass is 28.4. The van der Waals surface area contributed by atoms with Crippen LogP contribution >= 0.6 is 0 Å². The molecule has 0 unspecified atom stereocenters. The van der Waals surface area contributed by atoms with E-state index in [9.17, 15) is 4.80 Å². The summed E-state index contributed by atoms with van der Waals surface area (Å²) in [5.41, 5.74) is 5.53. The molecular weight excluding hydrogens is 370 g/mol. The zero-order chi connectivity index (χ0) is 21.0. The fourth-order valence-electron chi connectivity index (χ4n) is 4.14. The average molecular weight is 410 g/mol. The first-order valence-electron chi connectivity index (χ1n) is 11.2. The van der Waals surface area contributed by atoms with Crippen molar-refractivity contribution in [1.82, 2.24) is 0 Å². The molecule has 0 aromatic heterocycles. The van der Waals surface area contributed by atoms with Gasteiger partial charge in [-0.1, -0.05) is 99.5 Å². The monoisotopic (exact) mass is 409 g/mol. The molecule has 0 aliphatic carbocycles. The Labute approximate surface area is 179 Å². The van der Waals surface area contributed by atoms with E-state index < -0.39 is 8.32 Å². The maximum atomic E-state index is 12.1. The van der Waals surface area contributed by atoms with Crippen LogP contribution in [-0.2, 0) is 0 Å². The first-order chi connectivity index (χ1) is 14.0. The standard InChI is InChI=1S/C26H39NOSi/c1-26(2,22-16-8-6-4-3-5-7-9-17-23-27)29(28,24-18-12-10-13-19-24)25-20-14-11-15-21-25/h3,5,10-15,18-21,28H,4,6-9,16-17,22-23,27H2,1-2H3/b5-3-. The third kappa shape index (κ3) is 6.67. The van der Waals surface area contributed by atoms with Crippen LogP contribution in [0.4, 0.5) is 0 Å². The van der Waals surface area contributed by atoms with E-state index in [4.69, 9.17) is 5.73 Å². The van der Waals surface area contributed by atoms with E-state index in [1.54, 1.807) is 0 Å². The normalized spacial score (nSPS) is 12.6. The highest BCUT2D eigenvalue weighted by Crippen LogP contribution is 2.40. The van der Waals surface area contributed by atoms with Crippen LogP contribution in [0.25, 0.3) is 0 Å². The first-order valence-corrected chi connectivity index (χ1v) is 13.2. The van der Waals surface area contributed by atoms with Gasteiger partial charge in [0.05, 0.1) is 0 Å². The summed E-state index contributed by atoms with van der Waals surface area (Å²) in [6, 6.07) is 20.7. The molecule has 0 atom stereocenters. The quantitative estimate of drug-likeness (QED) is 0.273. The molecular formula is C26H39NOSi. The van der Waals surface area contributed by atoms with Gasteiger partial charge < -0.3 is 10.5 Å². The van der Waals surface area contributed by atoms with Crippen LogP contribution in [0.15, 0.2) is 72.8 Å². The van der Waals surface area contributed by atoms with Crippen LogP contribution in [0, 0.1) is 0 Å². The van der Waals surface area contributed by atoms with Gasteiger partial charge in [-0.2, -0.15) is 0 Å². The molecule has 0 spiro atoms. The lowest BCUT2D eigenvalue weighted by Crippen LogP contribution is -2.65. The summed E-state index contributed by atoms with van der Waals surface area (Å²) in [6.45, 7) is 5.32. The minimum Gasteiger partial charge on any atom is -0.424 e. The SMILES string of the molecule is CC(C)(CCCCC/C=C\CCCCN)[Si](O)(c1ccccc1)c1ccccc1. The number of benzene rings is 2. The topological polar surface area (TPSA) is 46.2 Å². The van der Waals surface area contributed by atoms with Crippen LogP contribution in [0.3, 0.4) is 0 Å². The summed E-state index contributed by atoms with van der Waals surface area (Å²) in [6.07, 6.45) is 13.9. The lowest BCUT2D eigenvalue weighted by Gasteiger charge is -2.41. The van der Waals surface area contributed by atoms with E-state index in [2.05, 4.69) is 50.3 Å². The first kappa shape index (κ1) is 23.6. The van der Waals surface area contributed by atoms with Crippen LogP contribution in [0.5, 0.6) is 0 Å². The van der Waals surface area contributed by atoms with Gasteiger partial charge >= 0.3 is 0 Å². The minimum absolute atomic E-state index is 0.131. The van der Waals surface area contributed by atoms with Gasteiger partial charge in [-0.05, 0) is 60.5 Å². The zero-order valence-electron chi connectivity index (χ0n) is 18.3. The molecule has 2 aromatic carbocycles. The average Bonchev–Trinajstić information content (AvgIpc) is 2.75. The molecule has 0 amide bonds. The van der Waals surface area contributed by atoms with Crippen molar-refractivity contribution in [2.75, 3.05) is 6.54 Å². The Kier molecular flexibility index (Phi) is 9.85. The number of unbranched alkanes of at least 4 members (excludes halogenated alkanes) is 5. The predicted molar refractivity (Wildman–Crippen MR) is 129 cm³/mol. The molecule has 0 heterocycles. The summed E-state index contributed by atoms with van der Waals surface area (Å²) < 4.78 is 0. The third-order valence-corrected chi connectivity index (χ3v) is 10.6. The minimum atomic E-state index is -2.85. The fraction of sp³-hybridized carbons (Fsp3) is 0.462. The predicted octanol–water partition coefficient (Wildman–Crippen LogP) is 5.15. The van der Waals surface area contributed by atoms with E-state index in [1.165, 1.54) is 19.3 Å². The largest absolute Gasteiger partial charge is 0.424 e. The molecule has 3 N–H and O–H groups in total. The Bertz CT molecular complexity index is 673. The van der Waals surface area contributed by atoms with Gasteiger partial charge in [0.2, 0.25) is 0 Å². The van der Waals surface area contributed by atoms with E-state index in [0.29, 0.717) is 0 Å². The summed E-state index contributed by atoms with van der Waals surface area (Å²) in [5, 5.41) is 2.08. The van der Waals surface area contributed by atoms with E-state index in [0.717, 1.165) is 49.0 Å². The molecule has 29 heavy (non-hydrogen) atoms. The molecule has 2 aromatic rings. The second-order valence-electron chi connectivity index (χ2n) is 8.68. The van der Waals surface area contributed by atoms with Crippen molar-refractivity contribution in [1.29, 1.82) is 0 Å². The second kappa shape index (κ2) is 12.1. The summed E-state index contributed by atoms with van der Waals surface area (Å²) >= 11 is 0. The third-order valence-electron chi connectivity index (χ3n) is 6.03. The van der Waals surface area contributed by atoms with Crippen molar-refractivity contribution in [3.05, 3.63) is 72.8 Å². The van der Waals surface area contributed by atoms with Gasteiger partial charge in [0, 0.05) is 0 Å². The summed E-state index contributed by atoms with van der Waals surface area (Å²) in [7, 11) is -2.85. The van der Waals surface area contributed by atoms with Gasteiger partial charge in [-0.3, -0.25) is 0 Å². The Balaban J connectivity index is 1.95. The highest BCUT2D eigenvalue weighted by Gasteiger charge is 2.49. The Morgan fingerprint density at radius 1 is 0.759 bits per heavy atom. The fourth-order valence-corrected chi connectivity index (χ4v) is 7.92. The molecule has 0 radical (unpaired) electrons. The van der Waals surface area contributed by atoms with Crippen molar-refractivity contribution in [2.24, 2.45) is 5.73 Å². The molecule has 2 rings (SSSR count). The molecule has 0 bridgehead atoms. The molecule has 3 heteroatoms. The second-order valence-corrected chi connectivity index (χ2v) is 12.6. The smallest absolute Gasteiger partial charge is 0.258 e. The number of rotatable bonds is 13. The summed E-state index contributed by atoms with van der Waals surface area (Å²) in [4.78, 5) is 12.1. The lowest BCUT2D eigenvalue weighted by atomic mass is 10.0. The zero-order valence-corrected chi connectivity index (χ0v) is 19.3. The van der Waals surface area contributed by atoms with E-state index in [1.807, 2.05) is 36.4 Å². The number of hydrogen-bond donors (Lipinski definition) is 2. The van der Waals surface area contributed by atoms with Crippen molar-refractivity contribution in [2.45, 2.75) is 70.3 Å². The van der Waals surface area contributed by atoms with E-state index >= 15 is 0 Å². The molecule has 0 aliphatic heterocycles. The molecule has 158 valence electrons. The number of hydrogen-bond acceptors (Lipinski definition) is 2. The van der Waals surface area contributed by atoms with Crippen LogP contribution in [0.2, 0.25) is 5.04 Å². The van der Waals surface area contributed by atoms with Crippen molar-refractivity contribution < 1.29 is 4.80 Å². The maximum Gasteiger partial charge on any atom is 0.258 e. The molecule has 0 saturated carbocycles. The molecule has 2 nitrogen and oxygen atoms in total. The molecule has 0 saturated heterocycles. The molecule has 0 fully saturated rings. The Morgan fingerprint density at radius 2 is 1.24 bits per heavy atom. The van der Waals surface area contributed by atoms with Crippen LogP contribution < -0.4 is 16.1 Å². The summed E-state index contributed by atoms with van der Waals surface area (Å²) in [5.74, 6) is 0. The Hall–Kier alpha value is -1.68. The van der Waals surface area contributed by atoms with Crippen LogP contribution in [0.1, 0.15) is 65.2 Å². The van der Waals surface area contributed by atoms with E-state index in [-0.39, 0.29) is 5.04 Å². The van der Waals surface area contributed by atoms with Crippen molar-refractivity contribution >= 4 is 18.7 Å². The number of nitrogens with two attached hydrogens (primary N) is 1. The van der Waals surface area contributed by atoms with Gasteiger partial charge in [-0.25, -0.2) is 0 Å². The van der Waals surface area contributed by atoms with Gasteiger partial charge in [0.15, 0.2) is 0 Å². The lowest BCUT2D eigenvalue weighted by molar-refractivity contribution is 0.449. The Morgan fingerprint density at radius 3 is 1.72 bits per heavy atom. The van der Waals surface area contributed by atoms with Gasteiger partial charge in [0.1, 0.15) is 0 Å². The van der Waals surface area contributed by atoms with Crippen LogP contribution in [-0.4, -0.2) is 19.7 Å². The molecule has 0 aliphatic rings. The number of allylic oxidation sites excluding steroid dienone is 2. The van der Waals surface area contributed by atoms with Gasteiger partial charge in [0.25, 0.3) is 8.32 Å². The highest BCUT2D eigenvalue weighted by molar-refractivity contribution is 6.98. The van der Waals surface area contributed by atoms with Crippen molar-refractivity contribution in [3.63, 3.8) is 0 Å². The maximum absolute atomic E-state index is 12.1. The van der Waals surface area contributed by atoms with Gasteiger partial charge in [-0.15, -0.1) is 0 Å².